The van der Waals surface area contributed by atoms with E-state index in [1.54, 1.807) is 14.0 Å². The summed E-state index contributed by atoms with van der Waals surface area (Å²) in [5, 5.41) is 11.0. The molecule has 2 amide bonds. The van der Waals surface area contributed by atoms with Crippen LogP contribution in [0.3, 0.4) is 0 Å². The van der Waals surface area contributed by atoms with Gasteiger partial charge in [0, 0.05) is 32.5 Å². The molecule has 1 aliphatic rings. The molecular formula is C18H24N4O3. The molecule has 7 heteroatoms. The van der Waals surface area contributed by atoms with Crippen LogP contribution in [0.5, 0.6) is 5.75 Å². The predicted molar refractivity (Wildman–Crippen MR) is 92.7 cm³/mol. The first-order chi connectivity index (χ1) is 12.2. The normalized spacial score (nSPS) is 15.2. The molecule has 0 atom stereocenters. The Labute approximate surface area is 147 Å². The summed E-state index contributed by atoms with van der Waals surface area (Å²) in [6.07, 6.45) is 2.44. The minimum Gasteiger partial charge on any atom is -0.496 e. The Bertz CT molecular complexity index is 708. The highest BCUT2D eigenvalue weighted by Gasteiger charge is 2.26. The Kier molecular flexibility index (Phi) is 5.53. The number of likely N-dealkylation sites (tertiary alicyclic amines) is 1. The maximum Gasteiger partial charge on any atom is 0.317 e. The van der Waals surface area contributed by atoms with Gasteiger partial charge in [0.15, 0.2) is 0 Å². The van der Waals surface area contributed by atoms with Crippen molar-refractivity contribution >= 4 is 6.03 Å². The van der Waals surface area contributed by atoms with Gasteiger partial charge >= 0.3 is 6.03 Å². The molecule has 0 radical (unpaired) electrons. The van der Waals surface area contributed by atoms with Crippen LogP contribution in [0.25, 0.3) is 0 Å². The van der Waals surface area contributed by atoms with Gasteiger partial charge in [-0.1, -0.05) is 18.2 Å². The van der Waals surface area contributed by atoms with E-state index in [1.807, 2.05) is 29.2 Å². The summed E-state index contributed by atoms with van der Waals surface area (Å²) in [6.45, 7) is 3.78. The molecule has 0 unspecified atom stereocenters. The van der Waals surface area contributed by atoms with Crippen molar-refractivity contribution < 1.29 is 13.9 Å². The van der Waals surface area contributed by atoms with Crippen LogP contribution in [0.2, 0.25) is 0 Å². The zero-order chi connectivity index (χ0) is 17.6. The summed E-state index contributed by atoms with van der Waals surface area (Å²) in [6, 6.07) is 7.85. The first-order valence-corrected chi connectivity index (χ1v) is 8.62. The highest BCUT2D eigenvalue weighted by molar-refractivity contribution is 5.74. The first-order valence-electron chi connectivity index (χ1n) is 8.62. The number of amides is 2. The lowest BCUT2D eigenvalue weighted by atomic mass is 9.97. The van der Waals surface area contributed by atoms with Crippen molar-refractivity contribution in [2.75, 3.05) is 26.7 Å². The Morgan fingerprint density at radius 2 is 2.08 bits per heavy atom. The molecular weight excluding hydrogens is 320 g/mol. The fraction of sp³-hybridized carbons (Fsp3) is 0.500. The lowest BCUT2D eigenvalue weighted by molar-refractivity contribution is 0.177. The molecule has 0 saturated carbocycles. The number of benzene rings is 1. The molecule has 0 bridgehead atoms. The monoisotopic (exact) mass is 344 g/mol. The van der Waals surface area contributed by atoms with E-state index in [1.165, 1.54) is 0 Å². The number of aryl methyl sites for hydroxylation is 1. The van der Waals surface area contributed by atoms with Gasteiger partial charge in [0.1, 0.15) is 5.75 Å². The van der Waals surface area contributed by atoms with Crippen molar-refractivity contribution in [2.45, 2.75) is 32.1 Å². The third kappa shape index (κ3) is 4.29. The summed E-state index contributed by atoms with van der Waals surface area (Å²) in [5.41, 5.74) is 1.09. The number of carbonyl (C=O) groups is 1. The van der Waals surface area contributed by atoms with E-state index < -0.39 is 0 Å². The maximum absolute atomic E-state index is 12.3. The topological polar surface area (TPSA) is 80.5 Å². The third-order valence-corrected chi connectivity index (χ3v) is 4.54. The molecule has 25 heavy (non-hydrogen) atoms. The highest BCUT2D eigenvalue weighted by atomic mass is 16.5. The summed E-state index contributed by atoms with van der Waals surface area (Å²) in [4.78, 5) is 14.2. The van der Waals surface area contributed by atoms with Gasteiger partial charge in [-0.3, -0.25) is 0 Å². The minimum atomic E-state index is -0.0185. The second kappa shape index (κ2) is 8.00. The fourth-order valence-electron chi connectivity index (χ4n) is 3.13. The Balaban J connectivity index is 1.43. The van der Waals surface area contributed by atoms with Crippen molar-refractivity contribution in [3.63, 3.8) is 0 Å². The van der Waals surface area contributed by atoms with Crippen molar-refractivity contribution in [3.05, 3.63) is 41.6 Å². The summed E-state index contributed by atoms with van der Waals surface area (Å²) < 4.78 is 10.8. The van der Waals surface area contributed by atoms with Gasteiger partial charge in [0.25, 0.3) is 0 Å². The molecule has 134 valence electrons. The van der Waals surface area contributed by atoms with Crippen LogP contribution in [-0.2, 0) is 6.42 Å². The van der Waals surface area contributed by atoms with Gasteiger partial charge in [-0.25, -0.2) is 4.79 Å². The zero-order valence-corrected chi connectivity index (χ0v) is 14.7. The van der Waals surface area contributed by atoms with Gasteiger partial charge in [0.05, 0.1) is 7.11 Å². The van der Waals surface area contributed by atoms with E-state index in [4.69, 9.17) is 9.15 Å². The number of nitrogens with zero attached hydrogens (tertiary/aromatic N) is 3. The van der Waals surface area contributed by atoms with Crippen LogP contribution in [-0.4, -0.2) is 47.9 Å². The van der Waals surface area contributed by atoms with Crippen molar-refractivity contribution in [3.8, 4) is 5.75 Å². The average Bonchev–Trinajstić information content (AvgIpc) is 3.08. The smallest absolute Gasteiger partial charge is 0.317 e. The average molecular weight is 344 g/mol. The first kappa shape index (κ1) is 17.3. The largest absolute Gasteiger partial charge is 0.496 e. The molecule has 7 nitrogen and oxygen atoms in total. The molecule has 1 saturated heterocycles. The number of hydrogen-bond acceptors (Lipinski definition) is 5. The molecule has 2 heterocycles. The van der Waals surface area contributed by atoms with E-state index in [2.05, 4.69) is 15.5 Å². The fourth-order valence-corrected chi connectivity index (χ4v) is 3.13. The molecule has 1 fully saturated rings. The number of piperidine rings is 1. The summed E-state index contributed by atoms with van der Waals surface area (Å²) >= 11 is 0. The van der Waals surface area contributed by atoms with Crippen molar-refractivity contribution in [2.24, 2.45) is 0 Å². The van der Waals surface area contributed by atoms with Gasteiger partial charge in [-0.2, -0.15) is 0 Å². The number of nitrogens with one attached hydrogen (secondary N) is 1. The number of hydrogen-bond donors (Lipinski definition) is 1. The number of carbonyl (C=O) groups excluding carboxylic acids is 1. The molecule has 0 aliphatic carbocycles. The molecule has 1 aromatic heterocycles. The van der Waals surface area contributed by atoms with Crippen LogP contribution in [0, 0.1) is 6.92 Å². The Morgan fingerprint density at radius 3 is 2.76 bits per heavy atom. The maximum atomic E-state index is 12.3. The van der Waals surface area contributed by atoms with Crippen molar-refractivity contribution in [1.82, 2.24) is 20.4 Å². The molecule has 1 aromatic carbocycles. The van der Waals surface area contributed by atoms with E-state index >= 15 is 0 Å². The zero-order valence-electron chi connectivity index (χ0n) is 14.7. The highest BCUT2D eigenvalue weighted by Crippen LogP contribution is 2.26. The van der Waals surface area contributed by atoms with E-state index in [0.29, 0.717) is 31.4 Å². The second-order valence-electron chi connectivity index (χ2n) is 6.21. The van der Waals surface area contributed by atoms with Gasteiger partial charge in [0.2, 0.25) is 11.8 Å². The molecule has 3 rings (SSSR count). The van der Waals surface area contributed by atoms with Crippen LogP contribution < -0.4 is 10.1 Å². The number of urea groups is 1. The van der Waals surface area contributed by atoms with Crippen LogP contribution in [0.15, 0.2) is 28.7 Å². The molecule has 1 N–H and O–H groups in total. The lowest BCUT2D eigenvalue weighted by Crippen LogP contribution is -2.44. The lowest BCUT2D eigenvalue weighted by Gasteiger charge is -2.30. The quantitative estimate of drug-likeness (QED) is 0.901. The molecule has 1 aliphatic heterocycles. The number of aromatic nitrogens is 2. The number of rotatable bonds is 5. The van der Waals surface area contributed by atoms with Crippen LogP contribution >= 0.6 is 0 Å². The van der Waals surface area contributed by atoms with Crippen molar-refractivity contribution in [1.29, 1.82) is 0 Å². The number of ether oxygens (including phenoxy) is 1. The van der Waals surface area contributed by atoms with E-state index in [-0.39, 0.29) is 11.9 Å². The minimum absolute atomic E-state index is 0.0185. The van der Waals surface area contributed by atoms with Gasteiger partial charge < -0.3 is 19.4 Å². The Hall–Kier alpha value is -2.57. The van der Waals surface area contributed by atoms with Crippen LogP contribution in [0.1, 0.15) is 36.1 Å². The van der Waals surface area contributed by atoms with Gasteiger partial charge in [-0.05, 0) is 30.9 Å². The van der Waals surface area contributed by atoms with Gasteiger partial charge in [-0.15, -0.1) is 10.2 Å². The SMILES string of the molecule is COc1ccccc1CCNC(=O)N1CCC(c2nnc(C)o2)CC1. The summed E-state index contributed by atoms with van der Waals surface area (Å²) in [5.74, 6) is 2.38. The third-order valence-electron chi connectivity index (χ3n) is 4.54. The second-order valence-corrected chi connectivity index (χ2v) is 6.21. The number of methoxy groups -OCH3 is 1. The predicted octanol–water partition coefficient (Wildman–Crippen LogP) is 2.52. The molecule has 2 aromatic rings. The summed E-state index contributed by atoms with van der Waals surface area (Å²) in [7, 11) is 1.66. The number of para-hydroxylation sites is 1. The van der Waals surface area contributed by atoms with E-state index in [9.17, 15) is 4.79 Å². The molecule has 0 spiro atoms. The standard InChI is InChI=1S/C18H24N4O3/c1-13-20-21-17(25-13)15-8-11-22(12-9-15)18(23)19-10-7-14-5-3-4-6-16(14)24-2/h3-6,15H,7-12H2,1-2H3,(H,19,23). The van der Waals surface area contributed by atoms with E-state index in [0.717, 1.165) is 30.6 Å². The Morgan fingerprint density at radius 1 is 1.32 bits per heavy atom. The van der Waals surface area contributed by atoms with Crippen LogP contribution in [0.4, 0.5) is 4.79 Å².